The Kier molecular flexibility index (Phi) is 4.00. The van der Waals surface area contributed by atoms with E-state index in [2.05, 4.69) is 0 Å². The Morgan fingerprint density at radius 3 is 2.60 bits per heavy atom. The SMILES string of the molecule is O=C(SCSc1ccc(Cl)cc1)C1CC1. The van der Waals surface area contributed by atoms with Gasteiger partial charge in [0.25, 0.3) is 0 Å². The van der Waals surface area contributed by atoms with Gasteiger partial charge < -0.3 is 0 Å². The second-order valence-corrected chi connectivity index (χ2v) is 6.28. The van der Waals surface area contributed by atoms with E-state index in [1.54, 1.807) is 11.8 Å². The summed E-state index contributed by atoms with van der Waals surface area (Å²) < 4.78 is 0. The van der Waals surface area contributed by atoms with Crippen molar-refractivity contribution in [2.24, 2.45) is 5.92 Å². The van der Waals surface area contributed by atoms with Gasteiger partial charge in [0.05, 0.1) is 5.08 Å². The van der Waals surface area contributed by atoms with Crippen LogP contribution in [0.1, 0.15) is 12.8 Å². The molecular formula is C11H11ClOS2. The van der Waals surface area contributed by atoms with E-state index >= 15 is 0 Å². The van der Waals surface area contributed by atoms with Crippen molar-refractivity contribution in [1.82, 2.24) is 0 Å². The lowest BCUT2D eigenvalue weighted by molar-refractivity contribution is -0.111. The summed E-state index contributed by atoms with van der Waals surface area (Å²) in [5.41, 5.74) is 0. The number of carbonyl (C=O) groups is 1. The molecule has 0 atom stereocenters. The summed E-state index contributed by atoms with van der Waals surface area (Å²) >= 11 is 8.90. The fraction of sp³-hybridized carbons (Fsp3) is 0.364. The molecule has 0 spiro atoms. The average molecular weight is 259 g/mol. The Labute approximate surface area is 103 Å². The molecule has 0 radical (unpaired) electrons. The van der Waals surface area contributed by atoms with Crippen molar-refractivity contribution in [3.63, 3.8) is 0 Å². The van der Waals surface area contributed by atoms with Crippen LogP contribution in [-0.2, 0) is 4.79 Å². The van der Waals surface area contributed by atoms with Gasteiger partial charge >= 0.3 is 0 Å². The summed E-state index contributed by atoms with van der Waals surface area (Å²) in [5.74, 6) is 0.362. The predicted molar refractivity (Wildman–Crippen MR) is 67.5 cm³/mol. The molecule has 0 heterocycles. The van der Waals surface area contributed by atoms with Gasteiger partial charge in [0.2, 0.25) is 0 Å². The molecule has 1 saturated carbocycles. The fourth-order valence-electron chi connectivity index (χ4n) is 1.12. The molecule has 15 heavy (non-hydrogen) atoms. The molecule has 4 heteroatoms. The minimum absolute atomic E-state index is 0.358. The zero-order valence-corrected chi connectivity index (χ0v) is 10.5. The van der Waals surface area contributed by atoms with Gasteiger partial charge in [0, 0.05) is 15.8 Å². The molecule has 0 amide bonds. The normalized spacial score (nSPS) is 15.3. The maximum absolute atomic E-state index is 11.4. The van der Waals surface area contributed by atoms with Crippen molar-refractivity contribution in [2.75, 3.05) is 5.08 Å². The second-order valence-electron chi connectivity index (χ2n) is 3.45. The number of thioether (sulfide) groups is 2. The molecule has 0 aliphatic heterocycles. The highest BCUT2D eigenvalue weighted by Gasteiger charge is 2.29. The molecule has 0 bridgehead atoms. The van der Waals surface area contributed by atoms with Crippen molar-refractivity contribution < 1.29 is 4.79 Å². The average Bonchev–Trinajstić information content (AvgIpc) is 3.04. The smallest absolute Gasteiger partial charge is 0.192 e. The van der Waals surface area contributed by atoms with Crippen LogP contribution >= 0.6 is 35.1 Å². The molecule has 0 aromatic heterocycles. The predicted octanol–water partition coefficient (Wildman–Crippen LogP) is 4.06. The zero-order valence-electron chi connectivity index (χ0n) is 8.11. The minimum atomic E-state index is 0.358. The van der Waals surface area contributed by atoms with Crippen LogP contribution in [0.2, 0.25) is 5.02 Å². The fourth-order valence-corrected chi connectivity index (χ4v) is 3.29. The van der Waals surface area contributed by atoms with Crippen LogP contribution in [0.25, 0.3) is 0 Å². The highest BCUT2D eigenvalue weighted by molar-refractivity contribution is 8.23. The standard InChI is InChI=1S/C11H11ClOS2/c12-9-3-5-10(6-4-9)14-7-15-11(13)8-1-2-8/h3-6,8H,1-2,7H2. The van der Waals surface area contributed by atoms with Crippen LogP contribution in [0.15, 0.2) is 29.2 Å². The number of benzene rings is 1. The van der Waals surface area contributed by atoms with Gasteiger partial charge in [-0.2, -0.15) is 0 Å². The monoisotopic (exact) mass is 258 g/mol. The maximum atomic E-state index is 11.4. The molecule has 1 nitrogen and oxygen atoms in total. The summed E-state index contributed by atoms with van der Waals surface area (Å²) in [6.07, 6.45) is 2.19. The first kappa shape index (κ1) is 11.4. The Bertz CT molecular complexity index is 346. The van der Waals surface area contributed by atoms with Gasteiger partial charge in [-0.1, -0.05) is 23.4 Å². The van der Waals surface area contributed by atoms with E-state index in [4.69, 9.17) is 11.6 Å². The van der Waals surface area contributed by atoms with E-state index in [0.717, 1.165) is 27.8 Å². The van der Waals surface area contributed by atoms with Crippen LogP contribution in [0.4, 0.5) is 0 Å². The highest BCUT2D eigenvalue weighted by atomic mass is 35.5. The van der Waals surface area contributed by atoms with Gasteiger partial charge in [-0.15, -0.1) is 11.8 Å². The van der Waals surface area contributed by atoms with Gasteiger partial charge in [-0.05, 0) is 37.1 Å². The molecule has 0 N–H and O–H groups in total. The van der Waals surface area contributed by atoms with Crippen LogP contribution in [-0.4, -0.2) is 10.2 Å². The molecule has 0 unspecified atom stereocenters. The summed E-state index contributed by atoms with van der Waals surface area (Å²) in [5, 5.41) is 1.91. The van der Waals surface area contributed by atoms with E-state index < -0.39 is 0 Å². The number of rotatable bonds is 4. The molecule has 0 saturated heterocycles. The quantitative estimate of drug-likeness (QED) is 0.599. The molecule has 1 aromatic rings. The van der Waals surface area contributed by atoms with Crippen molar-refractivity contribution >= 4 is 40.2 Å². The van der Waals surface area contributed by atoms with Gasteiger partial charge in [-0.25, -0.2) is 0 Å². The maximum Gasteiger partial charge on any atom is 0.192 e. The van der Waals surface area contributed by atoms with E-state index in [9.17, 15) is 4.79 Å². The van der Waals surface area contributed by atoms with Gasteiger partial charge in [0.15, 0.2) is 5.12 Å². The molecule has 2 rings (SSSR count). The Balaban J connectivity index is 1.73. The molecular weight excluding hydrogens is 248 g/mol. The molecule has 1 aliphatic carbocycles. The van der Waals surface area contributed by atoms with Crippen molar-refractivity contribution in [2.45, 2.75) is 17.7 Å². The lowest BCUT2D eigenvalue weighted by atomic mass is 10.4. The van der Waals surface area contributed by atoms with E-state index in [1.807, 2.05) is 24.3 Å². The summed E-state index contributed by atoms with van der Waals surface area (Å²) in [7, 11) is 0. The van der Waals surface area contributed by atoms with Crippen molar-refractivity contribution in [1.29, 1.82) is 0 Å². The Morgan fingerprint density at radius 1 is 1.33 bits per heavy atom. The van der Waals surface area contributed by atoms with E-state index in [0.29, 0.717) is 11.0 Å². The van der Waals surface area contributed by atoms with E-state index in [1.165, 1.54) is 11.8 Å². The third kappa shape index (κ3) is 3.74. The molecule has 1 fully saturated rings. The zero-order chi connectivity index (χ0) is 10.7. The molecule has 80 valence electrons. The highest BCUT2D eigenvalue weighted by Crippen LogP contribution is 2.35. The molecule has 1 aliphatic rings. The second kappa shape index (κ2) is 5.28. The van der Waals surface area contributed by atoms with Crippen LogP contribution in [0.5, 0.6) is 0 Å². The van der Waals surface area contributed by atoms with Crippen LogP contribution in [0.3, 0.4) is 0 Å². The molecule has 1 aromatic carbocycles. The third-order valence-electron chi connectivity index (χ3n) is 2.15. The number of carbonyl (C=O) groups excluding carboxylic acids is 1. The van der Waals surface area contributed by atoms with Crippen molar-refractivity contribution in [3.8, 4) is 0 Å². The van der Waals surface area contributed by atoms with Gasteiger partial charge in [0.1, 0.15) is 0 Å². The number of hydrogen-bond acceptors (Lipinski definition) is 3. The summed E-state index contributed by atoms with van der Waals surface area (Å²) in [6, 6.07) is 7.71. The summed E-state index contributed by atoms with van der Waals surface area (Å²) in [6.45, 7) is 0. The number of halogens is 1. The van der Waals surface area contributed by atoms with Crippen LogP contribution in [0, 0.1) is 5.92 Å². The Hall–Kier alpha value is -0.120. The first-order chi connectivity index (χ1) is 7.25. The van der Waals surface area contributed by atoms with Gasteiger partial charge in [-0.3, -0.25) is 4.79 Å². The van der Waals surface area contributed by atoms with Crippen LogP contribution < -0.4 is 0 Å². The topological polar surface area (TPSA) is 17.1 Å². The summed E-state index contributed by atoms with van der Waals surface area (Å²) in [4.78, 5) is 12.5. The first-order valence-electron chi connectivity index (χ1n) is 4.81. The lowest BCUT2D eigenvalue weighted by Gasteiger charge is -2.00. The van der Waals surface area contributed by atoms with E-state index in [-0.39, 0.29) is 0 Å². The minimum Gasteiger partial charge on any atom is -0.287 e. The largest absolute Gasteiger partial charge is 0.287 e. The van der Waals surface area contributed by atoms with Crippen molar-refractivity contribution in [3.05, 3.63) is 29.3 Å². The first-order valence-corrected chi connectivity index (χ1v) is 7.15. The third-order valence-corrected chi connectivity index (χ3v) is 4.57. The number of hydrogen-bond donors (Lipinski definition) is 0. The lowest BCUT2D eigenvalue weighted by Crippen LogP contribution is -1.93. The Morgan fingerprint density at radius 2 is 2.00 bits per heavy atom.